The summed E-state index contributed by atoms with van der Waals surface area (Å²) >= 11 is 0. The third-order valence-corrected chi connectivity index (χ3v) is 3.37. The maximum absolute atomic E-state index is 12.3. The lowest BCUT2D eigenvalue weighted by atomic mass is 10.1. The van der Waals surface area contributed by atoms with Crippen LogP contribution >= 0.6 is 0 Å². The minimum Gasteiger partial charge on any atom is -0.449 e. The normalized spacial score (nSPS) is 15.9. The number of amides is 3. The summed E-state index contributed by atoms with van der Waals surface area (Å²) < 4.78 is 10.3. The van der Waals surface area contributed by atoms with Crippen molar-refractivity contribution in [2.24, 2.45) is 0 Å². The lowest BCUT2D eigenvalue weighted by molar-refractivity contribution is -0.136. The molecule has 1 saturated heterocycles. The molecule has 0 aliphatic carbocycles. The molecule has 0 spiro atoms. The largest absolute Gasteiger partial charge is 0.449 e. The summed E-state index contributed by atoms with van der Waals surface area (Å²) in [5.41, 5.74) is 0.646. The van der Waals surface area contributed by atoms with Gasteiger partial charge >= 0.3 is 12.0 Å². The first-order valence-corrected chi connectivity index (χ1v) is 7.09. The number of ether oxygens (including phenoxy) is 1. The molecule has 8 heteroatoms. The Morgan fingerprint density at radius 3 is 2.59 bits per heavy atom. The molecule has 0 saturated carbocycles. The zero-order valence-electron chi connectivity index (χ0n) is 13.0. The van der Waals surface area contributed by atoms with Gasteiger partial charge in [-0.15, -0.1) is 0 Å². The second kappa shape index (κ2) is 6.17. The minimum absolute atomic E-state index is 0.0425. The number of hydrogen-bond donors (Lipinski definition) is 1. The monoisotopic (exact) mass is 309 g/mol. The summed E-state index contributed by atoms with van der Waals surface area (Å²) in [6.45, 7) is 7.45. The third-order valence-electron chi connectivity index (χ3n) is 3.37. The molecule has 1 aromatic rings. The van der Waals surface area contributed by atoms with Crippen molar-refractivity contribution in [1.29, 1.82) is 0 Å². The topological polar surface area (TPSA) is 102 Å². The van der Waals surface area contributed by atoms with Crippen LogP contribution in [-0.2, 0) is 9.53 Å². The van der Waals surface area contributed by atoms with E-state index in [1.807, 2.05) is 13.8 Å². The predicted octanol–water partition coefficient (Wildman–Crippen LogP) is 1.20. The Morgan fingerprint density at radius 1 is 1.36 bits per heavy atom. The summed E-state index contributed by atoms with van der Waals surface area (Å²) in [4.78, 5) is 36.9. The lowest BCUT2D eigenvalue weighted by Gasteiger charge is -2.18. The molecule has 22 heavy (non-hydrogen) atoms. The van der Waals surface area contributed by atoms with Crippen LogP contribution in [0.3, 0.4) is 0 Å². The van der Waals surface area contributed by atoms with Crippen LogP contribution in [0.15, 0.2) is 4.52 Å². The number of nitrogens with one attached hydrogen (secondary N) is 1. The van der Waals surface area contributed by atoms with Crippen LogP contribution in [0.2, 0.25) is 0 Å². The zero-order valence-corrected chi connectivity index (χ0v) is 13.0. The van der Waals surface area contributed by atoms with Gasteiger partial charge in [0.15, 0.2) is 11.9 Å². The molecule has 1 atom stereocenters. The first-order valence-electron chi connectivity index (χ1n) is 7.09. The number of rotatable bonds is 4. The number of carbonyl (C=O) groups excluding carboxylic acids is 3. The van der Waals surface area contributed by atoms with Crippen LogP contribution in [0.5, 0.6) is 0 Å². The number of hydrogen-bond acceptors (Lipinski definition) is 6. The first kappa shape index (κ1) is 16.0. The van der Waals surface area contributed by atoms with Crippen LogP contribution in [0, 0.1) is 6.92 Å². The van der Waals surface area contributed by atoms with Crippen molar-refractivity contribution in [2.75, 3.05) is 13.1 Å². The lowest BCUT2D eigenvalue weighted by Crippen LogP contribution is -2.41. The van der Waals surface area contributed by atoms with Crippen LogP contribution in [0.4, 0.5) is 4.79 Å². The van der Waals surface area contributed by atoms with Crippen molar-refractivity contribution in [3.8, 4) is 0 Å². The first-order chi connectivity index (χ1) is 10.3. The van der Waals surface area contributed by atoms with Gasteiger partial charge in [-0.3, -0.25) is 9.69 Å². The maximum atomic E-state index is 12.3. The second-order valence-corrected chi connectivity index (χ2v) is 5.43. The smallest absolute Gasteiger partial charge is 0.344 e. The van der Waals surface area contributed by atoms with E-state index in [4.69, 9.17) is 9.26 Å². The fourth-order valence-corrected chi connectivity index (χ4v) is 2.20. The Bertz CT molecular complexity index is 608. The maximum Gasteiger partial charge on any atom is 0.344 e. The van der Waals surface area contributed by atoms with Gasteiger partial charge in [-0.2, -0.15) is 0 Å². The molecule has 3 amide bonds. The van der Waals surface area contributed by atoms with Crippen LogP contribution < -0.4 is 5.32 Å². The summed E-state index contributed by atoms with van der Waals surface area (Å²) in [6.07, 6.45) is -1.06. The summed E-state index contributed by atoms with van der Waals surface area (Å²) in [7, 11) is 0. The van der Waals surface area contributed by atoms with Crippen molar-refractivity contribution in [3.63, 3.8) is 0 Å². The van der Waals surface area contributed by atoms with E-state index in [-0.39, 0.29) is 18.0 Å². The molecule has 1 aliphatic heterocycles. The van der Waals surface area contributed by atoms with E-state index in [1.165, 1.54) is 6.92 Å². The summed E-state index contributed by atoms with van der Waals surface area (Å²) in [5, 5.41) is 6.29. The molecule has 0 bridgehead atoms. The van der Waals surface area contributed by atoms with Gasteiger partial charge in [0, 0.05) is 19.0 Å². The van der Waals surface area contributed by atoms with E-state index in [9.17, 15) is 14.4 Å². The second-order valence-electron chi connectivity index (χ2n) is 5.43. The minimum atomic E-state index is -1.06. The molecular formula is C14H19N3O5. The standard InChI is InChI=1S/C14H19N3O5/c1-7(2)11-10(8(3)16-22-11)13(19)21-9(4)12(18)17-6-5-15-14(17)20/h7,9H,5-6H2,1-4H3,(H,15,20)/t9-/m1/s1. The van der Waals surface area contributed by atoms with Crippen molar-refractivity contribution in [3.05, 3.63) is 17.0 Å². The van der Waals surface area contributed by atoms with Crippen LogP contribution in [0.1, 0.15) is 48.5 Å². The SMILES string of the molecule is Cc1noc(C(C)C)c1C(=O)O[C@H](C)C(=O)N1CCNC1=O. The molecular weight excluding hydrogens is 290 g/mol. The molecule has 0 unspecified atom stereocenters. The number of carbonyl (C=O) groups is 3. The quantitative estimate of drug-likeness (QED) is 0.839. The number of imide groups is 1. The predicted molar refractivity (Wildman–Crippen MR) is 75.3 cm³/mol. The summed E-state index contributed by atoms with van der Waals surface area (Å²) in [5.74, 6) is -0.855. The Hall–Kier alpha value is -2.38. The molecule has 1 N–H and O–H groups in total. The van der Waals surface area contributed by atoms with E-state index in [0.29, 0.717) is 18.0 Å². The fraction of sp³-hybridized carbons (Fsp3) is 0.571. The Labute approximate surface area is 127 Å². The molecule has 120 valence electrons. The molecule has 1 fully saturated rings. The van der Waals surface area contributed by atoms with E-state index < -0.39 is 24.0 Å². The zero-order chi connectivity index (χ0) is 16.4. The van der Waals surface area contributed by atoms with E-state index in [1.54, 1.807) is 6.92 Å². The Balaban J connectivity index is 2.10. The average molecular weight is 309 g/mol. The van der Waals surface area contributed by atoms with Crippen LogP contribution in [0.25, 0.3) is 0 Å². The molecule has 1 aromatic heterocycles. The van der Waals surface area contributed by atoms with Crippen molar-refractivity contribution in [1.82, 2.24) is 15.4 Å². The van der Waals surface area contributed by atoms with E-state index >= 15 is 0 Å². The van der Waals surface area contributed by atoms with Gasteiger partial charge in [-0.25, -0.2) is 9.59 Å². The van der Waals surface area contributed by atoms with Crippen molar-refractivity contribution < 1.29 is 23.6 Å². The molecule has 8 nitrogen and oxygen atoms in total. The highest BCUT2D eigenvalue weighted by Gasteiger charge is 2.33. The van der Waals surface area contributed by atoms with Gasteiger partial charge < -0.3 is 14.6 Å². The average Bonchev–Trinajstić information content (AvgIpc) is 3.03. The molecule has 0 aromatic carbocycles. The van der Waals surface area contributed by atoms with Gasteiger partial charge in [0.1, 0.15) is 5.56 Å². The number of esters is 1. The van der Waals surface area contributed by atoms with Crippen molar-refractivity contribution in [2.45, 2.75) is 39.7 Å². The molecule has 2 rings (SSSR count). The van der Waals surface area contributed by atoms with Gasteiger partial charge in [-0.1, -0.05) is 19.0 Å². The van der Waals surface area contributed by atoms with E-state index in [2.05, 4.69) is 10.5 Å². The third kappa shape index (κ3) is 2.95. The number of aromatic nitrogens is 1. The van der Waals surface area contributed by atoms with Crippen molar-refractivity contribution >= 4 is 17.9 Å². The number of nitrogens with zero attached hydrogens (tertiary/aromatic N) is 2. The van der Waals surface area contributed by atoms with Gasteiger partial charge in [0.05, 0.1) is 5.69 Å². The molecule has 1 aliphatic rings. The summed E-state index contributed by atoms with van der Waals surface area (Å²) in [6, 6.07) is -0.475. The van der Waals surface area contributed by atoms with Gasteiger partial charge in [0.25, 0.3) is 5.91 Å². The number of urea groups is 1. The highest BCUT2D eigenvalue weighted by atomic mass is 16.5. The fourth-order valence-electron chi connectivity index (χ4n) is 2.20. The number of aryl methyl sites for hydroxylation is 1. The highest BCUT2D eigenvalue weighted by Crippen LogP contribution is 2.23. The molecule has 2 heterocycles. The molecule has 0 radical (unpaired) electrons. The van der Waals surface area contributed by atoms with Gasteiger partial charge in [0.2, 0.25) is 0 Å². The van der Waals surface area contributed by atoms with Gasteiger partial charge in [-0.05, 0) is 13.8 Å². The van der Waals surface area contributed by atoms with E-state index in [0.717, 1.165) is 4.90 Å². The Morgan fingerprint density at radius 2 is 2.05 bits per heavy atom. The van der Waals surface area contributed by atoms with Crippen LogP contribution in [-0.4, -0.2) is 47.2 Å². The highest BCUT2D eigenvalue weighted by molar-refractivity contribution is 5.99. The Kier molecular flexibility index (Phi) is 4.48.